The lowest BCUT2D eigenvalue weighted by atomic mass is 10.1. The van der Waals surface area contributed by atoms with Crippen molar-refractivity contribution in [2.45, 2.75) is 42.4 Å². The predicted molar refractivity (Wildman–Crippen MR) is 98.7 cm³/mol. The Balaban J connectivity index is 2.06. The molecule has 3 nitrogen and oxygen atoms in total. The number of aryl methyl sites for hydroxylation is 1. The van der Waals surface area contributed by atoms with Gasteiger partial charge in [0.05, 0.1) is 4.90 Å². The maximum Gasteiger partial charge on any atom is 0.261 e. The van der Waals surface area contributed by atoms with Gasteiger partial charge in [0.1, 0.15) is 0 Å². The molecule has 0 saturated heterocycles. The smallest absolute Gasteiger partial charge is 0.261 e. The fourth-order valence-corrected chi connectivity index (χ4v) is 3.75. The Morgan fingerprint density at radius 3 is 2.17 bits per heavy atom. The molecule has 0 radical (unpaired) electrons. The molecule has 2 rings (SSSR count). The second-order valence-electron chi connectivity index (χ2n) is 5.44. The Morgan fingerprint density at radius 1 is 0.957 bits per heavy atom. The highest BCUT2D eigenvalue weighted by atomic mass is 32.2. The molecule has 0 aliphatic carbocycles. The van der Waals surface area contributed by atoms with Crippen LogP contribution in [0.1, 0.15) is 31.7 Å². The molecule has 5 heteroatoms. The normalized spacial score (nSPS) is 11.4. The van der Waals surface area contributed by atoms with E-state index in [9.17, 15) is 8.42 Å². The number of thioether (sulfide) groups is 1. The minimum absolute atomic E-state index is 0.297. The Morgan fingerprint density at radius 2 is 1.61 bits per heavy atom. The van der Waals surface area contributed by atoms with Gasteiger partial charge in [-0.25, -0.2) is 8.42 Å². The number of hydrogen-bond donors (Lipinski definition) is 1. The summed E-state index contributed by atoms with van der Waals surface area (Å²) in [6.45, 7) is 2.17. The molecular weight excluding hydrogens is 326 g/mol. The molecule has 124 valence electrons. The molecule has 0 aliphatic rings. The second kappa shape index (κ2) is 8.41. The van der Waals surface area contributed by atoms with Crippen LogP contribution in [-0.4, -0.2) is 14.7 Å². The van der Waals surface area contributed by atoms with Crippen LogP contribution in [-0.2, 0) is 16.4 Å². The minimum atomic E-state index is -3.53. The Labute approximate surface area is 143 Å². The Kier molecular flexibility index (Phi) is 6.54. The van der Waals surface area contributed by atoms with Gasteiger partial charge < -0.3 is 0 Å². The summed E-state index contributed by atoms with van der Waals surface area (Å²) >= 11 is 1.62. The topological polar surface area (TPSA) is 46.2 Å². The standard InChI is InChI=1S/C18H23NO2S2/c1-3-4-5-6-15-7-13-18(14-8-15)23(20,21)19-16-9-11-17(22-2)12-10-16/h7-14,19H,3-6H2,1-2H3. The van der Waals surface area contributed by atoms with Gasteiger partial charge in [0, 0.05) is 10.6 Å². The third kappa shape index (κ3) is 5.29. The van der Waals surface area contributed by atoms with E-state index in [-0.39, 0.29) is 0 Å². The van der Waals surface area contributed by atoms with E-state index >= 15 is 0 Å². The summed E-state index contributed by atoms with van der Waals surface area (Å²) < 4.78 is 27.4. The average Bonchev–Trinajstić information content (AvgIpc) is 2.56. The van der Waals surface area contributed by atoms with Crippen LogP contribution in [0.2, 0.25) is 0 Å². The number of anilines is 1. The van der Waals surface area contributed by atoms with E-state index in [1.165, 1.54) is 18.4 Å². The van der Waals surface area contributed by atoms with Gasteiger partial charge in [-0.3, -0.25) is 4.72 Å². The predicted octanol–water partition coefficient (Wildman–Crippen LogP) is 4.94. The van der Waals surface area contributed by atoms with Gasteiger partial charge in [-0.15, -0.1) is 11.8 Å². The molecule has 0 unspecified atom stereocenters. The lowest BCUT2D eigenvalue weighted by Crippen LogP contribution is -2.12. The third-order valence-electron chi connectivity index (χ3n) is 3.64. The average molecular weight is 350 g/mol. The lowest BCUT2D eigenvalue weighted by molar-refractivity contribution is 0.601. The van der Waals surface area contributed by atoms with E-state index < -0.39 is 10.0 Å². The van der Waals surface area contributed by atoms with E-state index in [0.29, 0.717) is 10.6 Å². The van der Waals surface area contributed by atoms with Crippen molar-refractivity contribution in [2.75, 3.05) is 11.0 Å². The van der Waals surface area contributed by atoms with Gasteiger partial charge >= 0.3 is 0 Å². The van der Waals surface area contributed by atoms with Crippen LogP contribution in [0.15, 0.2) is 58.3 Å². The van der Waals surface area contributed by atoms with E-state index in [4.69, 9.17) is 0 Å². The van der Waals surface area contributed by atoms with Crippen molar-refractivity contribution in [2.24, 2.45) is 0 Å². The zero-order valence-corrected chi connectivity index (χ0v) is 15.2. The number of benzene rings is 2. The molecule has 0 aliphatic heterocycles. The minimum Gasteiger partial charge on any atom is -0.280 e. The SMILES string of the molecule is CCCCCc1ccc(S(=O)(=O)Nc2ccc(SC)cc2)cc1. The van der Waals surface area contributed by atoms with Crippen LogP contribution in [0.25, 0.3) is 0 Å². The van der Waals surface area contributed by atoms with Crippen LogP contribution in [0, 0.1) is 0 Å². The van der Waals surface area contributed by atoms with Gasteiger partial charge in [-0.05, 0) is 61.1 Å². The molecule has 23 heavy (non-hydrogen) atoms. The summed E-state index contributed by atoms with van der Waals surface area (Å²) in [7, 11) is -3.53. The van der Waals surface area contributed by atoms with Crippen molar-refractivity contribution in [1.29, 1.82) is 0 Å². The number of sulfonamides is 1. The summed E-state index contributed by atoms with van der Waals surface area (Å²) in [5.74, 6) is 0. The van der Waals surface area contributed by atoms with Crippen LogP contribution < -0.4 is 4.72 Å². The van der Waals surface area contributed by atoms with Gasteiger partial charge in [0.2, 0.25) is 0 Å². The molecule has 0 heterocycles. The fourth-order valence-electron chi connectivity index (χ4n) is 2.29. The van der Waals surface area contributed by atoms with E-state index in [1.54, 1.807) is 36.0 Å². The van der Waals surface area contributed by atoms with Crippen LogP contribution in [0.4, 0.5) is 5.69 Å². The van der Waals surface area contributed by atoms with Crippen molar-refractivity contribution in [3.05, 3.63) is 54.1 Å². The van der Waals surface area contributed by atoms with Crippen molar-refractivity contribution < 1.29 is 8.42 Å². The maximum absolute atomic E-state index is 12.4. The fraction of sp³-hybridized carbons (Fsp3) is 0.333. The van der Waals surface area contributed by atoms with E-state index in [1.807, 2.05) is 30.5 Å². The van der Waals surface area contributed by atoms with Crippen molar-refractivity contribution in [3.8, 4) is 0 Å². The molecular formula is C18H23NO2S2. The molecule has 2 aromatic carbocycles. The number of nitrogens with one attached hydrogen (secondary N) is 1. The highest BCUT2D eigenvalue weighted by Gasteiger charge is 2.13. The van der Waals surface area contributed by atoms with Crippen LogP contribution >= 0.6 is 11.8 Å². The molecule has 0 atom stereocenters. The van der Waals surface area contributed by atoms with Gasteiger partial charge in [0.25, 0.3) is 10.0 Å². The van der Waals surface area contributed by atoms with Gasteiger partial charge in [0.15, 0.2) is 0 Å². The number of unbranched alkanes of at least 4 members (excludes halogenated alkanes) is 2. The largest absolute Gasteiger partial charge is 0.280 e. The molecule has 0 aromatic heterocycles. The summed E-state index contributed by atoms with van der Waals surface area (Å²) in [6, 6.07) is 14.5. The number of rotatable bonds is 8. The molecule has 2 aromatic rings. The molecule has 0 fully saturated rings. The van der Waals surface area contributed by atoms with Crippen molar-refractivity contribution in [1.82, 2.24) is 0 Å². The molecule has 1 N–H and O–H groups in total. The van der Waals surface area contributed by atoms with Crippen molar-refractivity contribution in [3.63, 3.8) is 0 Å². The summed E-state index contributed by atoms with van der Waals surface area (Å²) in [5, 5.41) is 0. The highest BCUT2D eigenvalue weighted by molar-refractivity contribution is 7.98. The van der Waals surface area contributed by atoms with E-state index in [2.05, 4.69) is 11.6 Å². The summed E-state index contributed by atoms with van der Waals surface area (Å²) in [6.07, 6.45) is 6.51. The summed E-state index contributed by atoms with van der Waals surface area (Å²) in [5.41, 5.74) is 1.76. The second-order valence-corrected chi connectivity index (χ2v) is 8.00. The Hall–Kier alpha value is -1.46. The lowest BCUT2D eigenvalue weighted by Gasteiger charge is -2.09. The van der Waals surface area contributed by atoms with Gasteiger partial charge in [-0.2, -0.15) is 0 Å². The third-order valence-corrected chi connectivity index (χ3v) is 5.79. The molecule has 0 saturated carbocycles. The highest BCUT2D eigenvalue weighted by Crippen LogP contribution is 2.21. The van der Waals surface area contributed by atoms with Crippen LogP contribution in [0.3, 0.4) is 0 Å². The van der Waals surface area contributed by atoms with Crippen LogP contribution in [0.5, 0.6) is 0 Å². The summed E-state index contributed by atoms with van der Waals surface area (Å²) in [4.78, 5) is 1.40. The van der Waals surface area contributed by atoms with Crippen molar-refractivity contribution >= 4 is 27.5 Å². The zero-order chi connectivity index (χ0) is 16.7. The molecule has 0 amide bonds. The monoisotopic (exact) mass is 349 g/mol. The number of hydrogen-bond acceptors (Lipinski definition) is 3. The first-order valence-corrected chi connectivity index (χ1v) is 10.5. The Bertz CT molecular complexity index is 708. The first-order valence-electron chi connectivity index (χ1n) is 7.81. The maximum atomic E-state index is 12.4. The van der Waals surface area contributed by atoms with E-state index in [0.717, 1.165) is 17.7 Å². The zero-order valence-electron chi connectivity index (χ0n) is 13.6. The molecule has 0 bridgehead atoms. The first kappa shape index (κ1) is 17.9. The van der Waals surface area contributed by atoms with Gasteiger partial charge in [-0.1, -0.05) is 31.9 Å². The quantitative estimate of drug-likeness (QED) is 0.542. The molecule has 0 spiro atoms. The first-order chi connectivity index (χ1) is 11.0.